The third-order valence-electron chi connectivity index (χ3n) is 5.01. The van der Waals surface area contributed by atoms with Crippen LogP contribution in [0.5, 0.6) is 0 Å². The van der Waals surface area contributed by atoms with Crippen LogP contribution in [0.15, 0.2) is 23.3 Å². The maximum absolute atomic E-state index is 6.22. The summed E-state index contributed by atoms with van der Waals surface area (Å²) in [6.07, 6.45) is 11.9. The highest BCUT2D eigenvalue weighted by molar-refractivity contribution is 5.14. The topological polar surface area (TPSA) is 9.23 Å². The number of hydrogen-bond donors (Lipinski definition) is 0. The van der Waals surface area contributed by atoms with Gasteiger partial charge in [-0.1, -0.05) is 23.3 Å². The summed E-state index contributed by atoms with van der Waals surface area (Å²) in [5.74, 6) is 2.30. The van der Waals surface area contributed by atoms with E-state index in [4.69, 9.17) is 4.74 Å². The summed E-state index contributed by atoms with van der Waals surface area (Å²) in [6.45, 7) is 5.58. The first-order valence-corrected chi connectivity index (χ1v) is 7.18. The number of fused-ring (bicyclic) bond motifs is 2. The van der Waals surface area contributed by atoms with E-state index in [-0.39, 0.29) is 0 Å². The lowest BCUT2D eigenvalue weighted by Crippen LogP contribution is -2.42. The van der Waals surface area contributed by atoms with Gasteiger partial charge in [-0.3, -0.25) is 0 Å². The van der Waals surface area contributed by atoms with Crippen LogP contribution < -0.4 is 0 Å². The van der Waals surface area contributed by atoms with Crippen LogP contribution in [-0.2, 0) is 4.74 Å². The number of hydrogen-bond acceptors (Lipinski definition) is 1. The van der Waals surface area contributed by atoms with Crippen LogP contribution in [0.25, 0.3) is 0 Å². The van der Waals surface area contributed by atoms with Crippen LogP contribution in [-0.4, -0.2) is 12.7 Å². The summed E-state index contributed by atoms with van der Waals surface area (Å²) >= 11 is 0. The SMILES string of the molecule is CC1=CC[C@H]([C@H]2OC[C@H]3CC=C(C)[C@@H]2C3)CC1. The molecule has 0 spiro atoms. The molecule has 2 bridgehead atoms. The largest absolute Gasteiger partial charge is 0.377 e. The van der Waals surface area contributed by atoms with Gasteiger partial charge in [0.05, 0.1) is 12.7 Å². The minimum atomic E-state index is 0.507. The Balaban J connectivity index is 1.75. The highest BCUT2D eigenvalue weighted by Gasteiger charge is 2.38. The molecule has 1 fully saturated rings. The van der Waals surface area contributed by atoms with Crippen molar-refractivity contribution in [1.29, 1.82) is 0 Å². The van der Waals surface area contributed by atoms with E-state index in [1.54, 1.807) is 11.1 Å². The van der Waals surface area contributed by atoms with Gasteiger partial charge in [-0.25, -0.2) is 0 Å². The number of ether oxygens (including phenoxy) is 1. The Labute approximate surface area is 105 Å². The normalized spacial score (nSPS) is 41.8. The van der Waals surface area contributed by atoms with Gasteiger partial charge in [0.1, 0.15) is 0 Å². The first kappa shape index (κ1) is 11.5. The van der Waals surface area contributed by atoms with Crippen molar-refractivity contribution in [3.05, 3.63) is 23.3 Å². The molecule has 94 valence electrons. The second kappa shape index (κ2) is 4.61. The molecule has 0 saturated carbocycles. The molecule has 0 aromatic carbocycles. The molecular formula is C16H24O. The number of allylic oxidation sites excluding steroid dienone is 3. The van der Waals surface area contributed by atoms with Crippen molar-refractivity contribution in [2.45, 2.75) is 52.1 Å². The van der Waals surface area contributed by atoms with Crippen molar-refractivity contribution in [3.63, 3.8) is 0 Å². The predicted octanol–water partition coefficient (Wildman–Crippen LogP) is 4.10. The summed E-state index contributed by atoms with van der Waals surface area (Å²) in [5.41, 5.74) is 3.17. The Bertz CT molecular complexity index is 353. The van der Waals surface area contributed by atoms with E-state index in [1.165, 1.54) is 32.1 Å². The van der Waals surface area contributed by atoms with Gasteiger partial charge >= 0.3 is 0 Å². The maximum atomic E-state index is 6.22. The Kier molecular flexibility index (Phi) is 3.12. The average molecular weight is 232 g/mol. The minimum Gasteiger partial charge on any atom is -0.377 e. The molecule has 0 aromatic rings. The standard InChI is InChI=1S/C16H24O/c1-11-3-7-14(8-4-11)16-15-9-13(10-17-16)6-5-12(15)2/h3,5,13-16H,4,6-10H2,1-2H3/t13-,14-,15-,16+/m0/s1. The van der Waals surface area contributed by atoms with Crippen molar-refractivity contribution in [2.24, 2.45) is 17.8 Å². The van der Waals surface area contributed by atoms with E-state index in [9.17, 15) is 0 Å². The third kappa shape index (κ3) is 2.22. The monoisotopic (exact) mass is 232 g/mol. The Morgan fingerprint density at radius 2 is 2.06 bits per heavy atom. The quantitative estimate of drug-likeness (QED) is 0.618. The van der Waals surface area contributed by atoms with Gasteiger partial charge in [-0.2, -0.15) is 0 Å². The van der Waals surface area contributed by atoms with Crippen molar-refractivity contribution < 1.29 is 4.74 Å². The average Bonchev–Trinajstić information content (AvgIpc) is 2.36. The van der Waals surface area contributed by atoms with Crippen molar-refractivity contribution in [1.82, 2.24) is 0 Å². The molecule has 4 atom stereocenters. The third-order valence-corrected chi connectivity index (χ3v) is 5.01. The number of rotatable bonds is 1. The lowest BCUT2D eigenvalue weighted by atomic mass is 9.71. The highest BCUT2D eigenvalue weighted by Crippen LogP contribution is 2.42. The predicted molar refractivity (Wildman–Crippen MR) is 70.8 cm³/mol. The van der Waals surface area contributed by atoms with Crippen LogP contribution in [0.1, 0.15) is 46.0 Å². The summed E-state index contributed by atoms with van der Waals surface area (Å²) < 4.78 is 6.22. The zero-order valence-electron chi connectivity index (χ0n) is 11.1. The van der Waals surface area contributed by atoms with Crippen molar-refractivity contribution >= 4 is 0 Å². The zero-order chi connectivity index (χ0) is 11.8. The molecule has 1 aliphatic heterocycles. The molecule has 17 heavy (non-hydrogen) atoms. The summed E-state index contributed by atoms with van der Waals surface area (Å²) in [4.78, 5) is 0. The van der Waals surface area contributed by atoms with Crippen molar-refractivity contribution in [3.8, 4) is 0 Å². The molecule has 0 N–H and O–H groups in total. The molecule has 1 saturated heterocycles. The molecule has 0 aromatic heterocycles. The second-order valence-corrected chi connectivity index (χ2v) is 6.27. The smallest absolute Gasteiger partial charge is 0.0671 e. The van der Waals surface area contributed by atoms with Gasteiger partial charge < -0.3 is 4.74 Å². The van der Waals surface area contributed by atoms with E-state index in [0.29, 0.717) is 6.10 Å². The molecule has 1 nitrogen and oxygen atoms in total. The first-order valence-electron chi connectivity index (χ1n) is 7.18. The molecule has 2 aliphatic carbocycles. The molecule has 1 heterocycles. The van der Waals surface area contributed by atoms with Crippen LogP contribution >= 0.6 is 0 Å². The Morgan fingerprint density at radius 3 is 2.82 bits per heavy atom. The van der Waals surface area contributed by atoms with E-state index in [1.807, 2.05) is 0 Å². The summed E-state index contributed by atoms with van der Waals surface area (Å²) in [7, 11) is 0. The van der Waals surface area contributed by atoms with Gasteiger partial charge in [0, 0.05) is 5.92 Å². The van der Waals surface area contributed by atoms with Crippen LogP contribution in [0.4, 0.5) is 0 Å². The van der Waals surface area contributed by atoms with Crippen LogP contribution in [0, 0.1) is 17.8 Å². The van der Waals surface area contributed by atoms with Gasteiger partial charge in [-0.15, -0.1) is 0 Å². The van der Waals surface area contributed by atoms with Gasteiger partial charge in [-0.05, 0) is 57.8 Å². The van der Waals surface area contributed by atoms with Crippen molar-refractivity contribution in [2.75, 3.05) is 6.61 Å². The van der Waals surface area contributed by atoms with E-state index < -0.39 is 0 Å². The molecule has 3 rings (SSSR count). The fourth-order valence-corrected chi connectivity index (χ4v) is 3.79. The van der Waals surface area contributed by atoms with Gasteiger partial charge in [0.25, 0.3) is 0 Å². The fraction of sp³-hybridized carbons (Fsp3) is 0.750. The second-order valence-electron chi connectivity index (χ2n) is 6.27. The minimum absolute atomic E-state index is 0.507. The molecule has 3 aliphatic rings. The highest BCUT2D eigenvalue weighted by atomic mass is 16.5. The van der Waals surface area contributed by atoms with E-state index in [2.05, 4.69) is 26.0 Å². The van der Waals surface area contributed by atoms with Crippen LogP contribution in [0.2, 0.25) is 0 Å². The lowest BCUT2D eigenvalue weighted by Gasteiger charge is -2.44. The Morgan fingerprint density at radius 1 is 1.18 bits per heavy atom. The lowest BCUT2D eigenvalue weighted by molar-refractivity contribution is -0.0807. The fourth-order valence-electron chi connectivity index (χ4n) is 3.79. The Hall–Kier alpha value is -0.560. The van der Waals surface area contributed by atoms with E-state index in [0.717, 1.165) is 24.4 Å². The summed E-state index contributed by atoms with van der Waals surface area (Å²) in [6, 6.07) is 0. The van der Waals surface area contributed by atoms with Crippen LogP contribution in [0.3, 0.4) is 0 Å². The maximum Gasteiger partial charge on any atom is 0.0671 e. The molecule has 0 amide bonds. The van der Waals surface area contributed by atoms with E-state index >= 15 is 0 Å². The first-order chi connectivity index (χ1) is 8.24. The zero-order valence-corrected chi connectivity index (χ0v) is 11.1. The molecule has 0 unspecified atom stereocenters. The molecular weight excluding hydrogens is 208 g/mol. The molecule has 0 radical (unpaired) electrons. The summed E-state index contributed by atoms with van der Waals surface area (Å²) in [5, 5.41) is 0. The van der Waals surface area contributed by atoms with Gasteiger partial charge in [0.15, 0.2) is 0 Å². The van der Waals surface area contributed by atoms with Gasteiger partial charge in [0.2, 0.25) is 0 Å². The molecule has 1 heteroatoms.